The van der Waals surface area contributed by atoms with Gasteiger partial charge in [-0.25, -0.2) is 4.39 Å². The van der Waals surface area contributed by atoms with Gasteiger partial charge < -0.3 is 5.11 Å². The Kier molecular flexibility index (Phi) is 3.83. The van der Waals surface area contributed by atoms with Gasteiger partial charge in [-0.05, 0) is 47.0 Å². The first-order valence-corrected chi connectivity index (χ1v) is 6.49. The van der Waals surface area contributed by atoms with Crippen LogP contribution in [-0.4, -0.2) is 5.11 Å². The van der Waals surface area contributed by atoms with Gasteiger partial charge in [0.2, 0.25) is 0 Å². The van der Waals surface area contributed by atoms with Crippen LogP contribution < -0.4 is 0 Å². The lowest BCUT2D eigenvalue weighted by atomic mass is 9.96. The third-order valence-corrected chi connectivity index (χ3v) is 3.83. The predicted molar refractivity (Wildman–Crippen MR) is 74.1 cm³/mol. The van der Waals surface area contributed by atoms with Gasteiger partial charge in [0, 0.05) is 5.56 Å². The van der Waals surface area contributed by atoms with Gasteiger partial charge in [0.25, 0.3) is 0 Å². The number of aliphatic hydroxyl groups excluding tert-OH is 1. The molecular formula is C15H14BrFO. The van der Waals surface area contributed by atoms with Crippen LogP contribution in [0.5, 0.6) is 0 Å². The third kappa shape index (κ3) is 2.47. The molecule has 0 saturated heterocycles. The van der Waals surface area contributed by atoms with E-state index in [0.717, 1.165) is 16.7 Å². The SMILES string of the molecule is Cc1ccc(C(O)c2cccc(F)c2Br)c(C)c1. The van der Waals surface area contributed by atoms with Crippen molar-refractivity contribution in [1.29, 1.82) is 0 Å². The number of hydrogen-bond donors (Lipinski definition) is 1. The number of hydrogen-bond acceptors (Lipinski definition) is 1. The van der Waals surface area contributed by atoms with Crippen LogP contribution in [0.3, 0.4) is 0 Å². The van der Waals surface area contributed by atoms with Gasteiger partial charge >= 0.3 is 0 Å². The highest BCUT2D eigenvalue weighted by Crippen LogP contribution is 2.31. The minimum absolute atomic E-state index is 0.317. The molecule has 0 spiro atoms. The highest BCUT2D eigenvalue weighted by Gasteiger charge is 2.17. The van der Waals surface area contributed by atoms with Crippen LogP contribution in [0, 0.1) is 19.7 Å². The molecule has 2 aromatic rings. The van der Waals surface area contributed by atoms with Crippen LogP contribution in [0.1, 0.15) is 28.4 Å². The summed E-state index contributed by atoms with van der Waals surface area (Å²) in [6, 6.07) is 10.5. The zero-order chi connectivity index (χ0) is 13.3. The van der Waals surface area contributed by atoms with Crippen molar-refractivity contribution in [3.63, 3.8) is 0 Å². The van der Waals surface area contributed by atoms with Gasteiger partial charge in [-0.2, -0.15) is 0 Å². The van der Waals surface area contributed by atoms with Crippen molar-refractivity contribution < 1.29 is 9.50 Å². The van der Waals surface area contributed by atoms with Gasteiger partial charge in [0.05, 0.1) is 4.47 Å². The van der Waals surface area contributed by atoms with Crippen molar-refractivity contribution in [2.24, 2.45) is 0 Å². The quantitative estimate of drug-likeness (QED) is 0.877. The second kappa shape index (κ2) is 5.21. The second-order valence-corrected chi connectivity index (χ2v) is 5.20. The number of aryl methyl sites for hydroxylation is 2. The van der Waals surface area contributed by atoms with Crippen molar-refractivity contribution in [2.45, 2.75) is 20.0 Å². The zero-order valence-electron chi connectivity index (χ0n) is 10.2. The van der Waals surface area contributed by atoms with E-state index in [1.165, 1.54) is 6.07 Å². The highest BCUT2D eigenvalue weighted by molar-refractivity contribution is 9.10. The minimum Gasteiger partial charge on any atom is -0.384 e. The summed E-state index contributed by atoms with van der Waals surface area (Å²) in [5.74, 6) is -0.365. The molecule has 1 unspecified atom stereocenters. The Hall–Kier alpha value is -1.19. The van der Waals surface area contributed by atoms with E-state index >= 15 is 0 Å². The van der Waals surface area contributed by atoms with Crippen molar-refractivity contribution in [1.82, 2.24) is 0 Å². The van der Waals surface area contributed by atoms with E-state index in [9.17, 15) is 9.50 Å². The predicted octanol–water partition coefficient (Wildman–Crippen LogP) is 4.29. The van der Waals surface area contributed by atoms with E-state index in [2.05, 4.69) is 15.9 Å². The molecule has 1 nitrogen and oxygen atoms in total. The fraction of sp³-hybridized carbons (Fsp3) is 0.200. The topological polar surface area (TPSA) is 20.2 Å². The normalized spacial score (nSPS) is 12.5. The van der Waals surface area contributed by atoms with Crippen LogP contribution in [0.25, 0.3) is 0 Å². The molecule has 1 N–H and O–H groups in total. The molecule has 0 amide bonds. The van der Waals surface area contributed by atoms with Crippen molar-refractivity contribution in [2.75, 3.05) is 0 Å². The molecule has 18 heavy (non-hydrogen) atoms. The third-order valence-electron chi connectivity index (χ3n) is 3.00. The van der Waals surface area contributed by atoms with Gasteiger partial charge in [0.1, 0.15) is 11.9 Å². The maximum absolute atomic E-state index is 13.5. The Morgan fingerprint density at radius 3 is 2.50 bits per heavy atom. The van der Waals surface area contributed by atoms with Crippen LogP contribution in [0.2, 0.25) is 0 Å². The largest absolute Gasteiger partial charge is 0.384 e. The minimum atomic E-state index is -0.823. The summed E-state index contributed by atoms with van der Waals surface area (Å²) in [7, 11) is 0. The Balaban J connectivity index is 2.48. The maximum atomic E-state index is 13.5. The molecule has 3 heteroatoms. The molecule has 94 valence electrons. The van der Waals surface area contributed by atoms with E-state index in [4.69, 9.17) is 0 Å². The highest BCUT2D eigenvalue weighted by atomic mass is 79.9. The Labute approximate surface area is 114 Å². The molecular weight excluding hydrogens is 295 g/mol. The second-order valence-electron chi connectivity index (χ2n) is 4.41. The summed E-state index contributed by atoms with van der Waals surface area (Å²) in [5.41, 5.74) is 3.48. The van der Waals surface area contributed by atoms with Crippen molar-refractivity contribution >= 4 is 15.9 Å². The van der Waals surface area contributed by atoms with Gasteiger partial charge in [0.15, 0.2) is 0 Å². The number of rotatable bonds is 2. The molecule has 2 rings (SSSR count). The van der Waals surface area contributed by atoms with Gasteiger partial charge in [-0.15, -0.1) is 0 Å². The molecule has 2 aromatic carbocycles. The summed E-state index contributed by atoms with van der Waals surface area (Å²) in [6.07, 6.45) is -0.823. The van der Waals surface area contributed by atoms with Crippen LogP contribution >= 0.6 is 15.9 Å². The molecule has 0 radical (unpaired) electrons. The summed E-state index contributed by atoms with van der Waals surface area (Å²) in [5, 5.41) is 10.4. The van der Waals surface area contributed by atoms with Crippen molar-refractivity contribution in [3.05, 3.63) is 68.9 Å². The molecule has 0 fully saturated rings. The number of aliphatic hydroxyl groups is 1. The molecule has 1 atom stereocenters. The molecule has 0 aliphatic heterocycles. The fourth-order valence-electron chi connectivity index (χ4n) is 2.03. The molecule has 0 aliphatic carbocycles. The van der Waals surface area contributed by atoms with Crippen LogP contribution in [0.4, 0.5) is 4.39 Å². The van der Waals surface area contributed by atoms with E-state index < -0.39 is 6.10 Å². The summed E-state index contributed by atoms with van der Waals surface area (Å²) in [4.78, 5) is 0. The summed E-state index contributed by atoms with van der Waals surface area (Å²) < 4.78 is 13.8. The lowest BCUT2D eigenvalue weighted by molar-refractivity contribution is 0.218. The first-order valence-electron chi connectivity index (χ1n) is 5.70. The lowest BCUT2D eigenvalue weighted by Crippen LogP contribution is -2.04. The van der Waals surface area contributed by atoms with Crippen molar-refractivity contribution in [3.8, 4) is 0 Å². The van der Waals surface area contributed by atoms with Gasteiger partial charge in [-0.1, -0.05) is 35.9 Å². The number of halogens is 2. The zero-order valence-corrected chi connectivity index (χ0v) is 11.8. The van der Waals surface area contributed by atoms with Gasteiger partial charge in [-0.3, -0.25) is 0 Å². The fourth-order valence-corrected chi connectivity index (χ4v) is 2.51. The van der Waals surface area contributed by atoms with Crippen LogP contribution in [0.15, 0.2) is 40.9 Å². The monoisotopic (exact) mass is 308 g/mol. The average molecular weight is 309 g/mol. The van der Waals surface area contributed by atoms with E-state index in [1.807, 2.05) is 32.0 Å². The smallest absolute Gasteiger partial charge is 0.137 e. The van der Waals surface area contributed by atoms with E-state index in [1.54, 1.807) is 12.1 Å². The van der Waals surface area contributed by atoms with E-state index in [0.29, 0.717) is 10.0 Å². The molecule has 0 aliphatic rings. The lowest BCUT2D eigenvalue weighted by Gasteiger charge is -2.16. The Morgan fingerprint density at radius 1 is 1.11 bits per heavy atom. The molecule has 0 saturated carbocycles. The number of benzene rings is 2. The first kappa shape index (κ1) is 13.2. The molecule has 0 heterocycles. The molecule has 0 bridgehead atoms. The Bertz CT molecular complexity index is 581. The van der Waals surface area contributed by atoms with Crippen LogP contribution in [-0.2, 0) is 0 Å². The summed E-state index contributed by atoms with van der Waals surface area (Å²) >= 11 is 3.18. The molecule has 0 aromatic heterocycles. The van der Waals surface area contributed by atoms with E-state index in [-0.39, 0.29) is 5.82 Å². The average Bonchev–Trinajstić information content (AvgIpc) is 2.32. The standard InChI is InChI=1S/C15H14BrFO/c1-9-6-7-11(10(2)8-9)15(18)12-4-3-5-13(17)14(12)16/h3-8,15,18H,1-2H3. The maximum Gasteiger partial charge on any atom is 0.137 e. The summed E-state index contributed by atoms with van der Waals surface area (Å²) in [6.45, 7) is 3.94. The first-order chi connectivity index (χ1) is 8.50. The Morgan fingerprint density at radius 2 is 1.83 bits per heavy atom.